The second-order valence-corrected chi connectivity index (χ2v) is 4.24. The standard InChI is InChI=1S/C9H17NO6S/c11-3-4-7(13)8(14)6(9(15)16-4)10-5(12)1-2-17/h4,6-9,11,13-15,17H,1-3H2,(H,10,12)/t4?,6-,7-,8?,9?/m1/s1. The van der Waals surface area contributed by atoms with Gasteiger partial charge in [0.15, 0.2) is 6.29 Å². The van der Waals surface area contributed by atoms with Crippen LogP contribution < -0.4 is 5.32 Å². The fourth-order valence-corrected chi connectivity index (χ4v) is 1.82. The predicted molar refractivity (Wildman–Crippen MR) is 60.4 cm³/mol. The lowest BCUT2D eigenvalue weighted by Crippen LogP contribution is -2.64. The summed E-state index contributed by atoms with van der Waals surface area (Å²) in [6, 6.07) is -1.12. The molecule has 0 aromatic carbocycles. The van der Waals surface area contributed by atoms with E-state index in [-0.39, 0.29) is 6.42 Å². The molecule has 0 saturated carbocycles. The van der Waals surface area contributed by atoms with Crippen LogP contribution in [0.25, 0.3) is 0 Å². The molecule has 1 fully saturated rings. The van der Waals surface area contributed by atoms with E-state index in [4.69, 9.17) is 9.84 Å². The maximum absolute atomic E-state index is 11.3. The van der Waals surface area contributed by atoms with Gasteiger partial charge in [-0.3, -0.25) is 4.79 Å². The first kappa shape index (κ1) is 14.7. The van der Waals surface area contributed by atoms with Crippen molar-refractivity contribution in [3.8, 4) is 0 Å². The molecule has 5 atom stereocenters. The van der Waals surface area contributed by atoms with E-state index in [1.54, 1.807) is 0 Å². The molecule has 17 heavy (non-hydrogen) atoms. The van der Waals surface area contributed by atoms with Gasteiger partial charge in [0, 0.05) is 6.42 Å². The topological polar surface area (TPSA) is 119 Å². The lowest BCUT2D eigenvalue weighted by atomic mass is 9.97. The van der Waals surface area contributed by atoms with E-state index < -0.39 is 43.2 Å². The summed E-state index contributed by atoms with van der Waals surface area (Å²) >= 11 is 3.87. The molecule has 0 spiro atoms. The number of aliphatic hydroxyl groups excluding tert-OH is 4. The number of hydrogen-bond acceptors (Lipinski definition) is 7. The number of ether oxygens (including phenoxy) is 1. The van der Waals surface area contributed by atoms with E-state index in [1.807, 2.05) is 0 Å². The molecule has 3 unspecified atom stereocenters. The Balaban J connectivity index is 2.63. The average Bonchev–Trinajstić information content (AvgIpc) is 2.29. The highest BCUT2D eigenvalue weighted by Gasteiger charge is 2.44. The van der Waals surface area contributed by atoms with Gasteiger partial charge in [-0.05, 0) is 5.75 Å². The number of carbonyl (C=O) groups excluding carboxylic acids is 1. The molecular weight excluding hydrogens is 250 g/mol. The van der Waals surface area contributed by atoms with Crippen molar-refractivity contribution in [1.29, 1.82) is 0 Å². The Kier molecular flexibility index (Phi) is 5.63. The van der Waals surface area contributed by atoms with Crippen LogP contribution in [0.4, 0.5) is 0 Å². The van der Waals surface area contributed by atoms with E-state index in [0.29, 0.717) is 5.75 Å². The zero-order valence-corrected chi connectivity index (χ0v) is 9.96. The molecule has 1 aliphatic heterocycles. The van der Waals surface area contributed by atoms with Crippen molar-refractivity contribution in [3.05, 3.63) is 0 Å². The first-order valence-electron chi connectivity index (χ1n) is 5.22. The molecule has 1 saturated heterocycles. The number of thiol groups is 1. The van der Waals surface area contributed by atoms with Gasteiger partial charge < -0.3 is 30.5 Å². The van der Waals surface area contributed by atoms with Gasteiger partial charge in [0.1, 0.15) is 24.4 Å². The lowest BCUT2D eigenvalue weighted by molar-refractivity contribution is -0.253. The molecule has 0 bridgehead atoms. The van der Waals surface area contributed by atoms with Gasteiger partial charge in [-0.1, -0.05) is 0 Å². The third kappa shape index (κ3) is 3.54. The molecule has 100 valence electrons. The average molecular weight is 267 g/mol. The van der Waals surface area contributed by atoms with E-state index in [1.165, 1.54) is 0 Å². The predicted octanol–water partition coefficient (Wildman–Crippen LogP) is -2.78. The largest absolute Gasteiger partial charge is 0.394 e. The minimum Gasteiger partial charge on any atom is -0.394 e. The fourth-order valence-electron chi connectivity index (χ4n) is 1.61. The van der Waals surface area contributed by atoms with Crippen LogP contribution in [0.3, 0.4) is 0 Å². The van der Waals surface area contributed by atoms with Crippen molar-refractivity contribution in [3.63, 3.8) is 0 Å². The minimum absolute atomic E-state index is 0.124. The molecule has 1 rings (SSSR count). The van der Waals surface area contributed by atoms with Gasteiger partial charge in [-0.25, -0.2) is 0 Å². The highest BCUT2D eigenvalue weighted by molar-refractivity contribution is 7.80. The zero-order chi connectivity index (χ0) is 13.0. The highest BCUT2D eigenvalue weighted by atomic mass is 32.1. The smallest absolute Gasteiger partial charge is 0.221 e. The summed E-state index contributed by atoms with van der Waals surface area (Å²) < 4.78 is 4.87. The maximum atomic E-state index is 11.3. The number of amides is 1. The Morgan fingerprint density at radius 1 is 1.29 bits per heavy atom. The molecule has 0 radical (unpaired) electrons. The molecule has 1 heterocycles. The van der Waals surface area contributed by atoms with E-state index in [9.17, 15) is 20.1 Å². The molecule has 0 aromatic heterocycles. The number of carbonyl (C=O) groups is 1. The van der Waals surface area contributed by atoms with Crippen LogP contribution in [0.15, 0.2) is 0 Å². The Morgan fingerprint density at radius 3 is 2.47 bits per heavy atom. The SMILES string of the molecule is O=C(CCS)N[C@H]1C(O)OC(CO)[C@@H](O)C1O. The van der Waals surface area contributed by atoms with Crippen LogP contribution in [0.5, 0.6) is 0 Å². The van der Waals surface area contributed by atoms with Crippen molar-refractivity contribution in [2.24, 2.45) is 0 Å². The monoisotopic (exact) mass is 267 g/mol. The third-order valence-corrected chi connectivity index (χ3v) is 2.79. The quantitative estimate of drug-likeness (QED) is 0.307. The summed E-state index contributed by atoms with van der Waals surface area (Å²) in [6.45, 7) is -0.535. The molecule has 1 aliphatic rings. The van der Waals surface area contributed by atoms with Crippen LogP contribution in [0.1, 0.15) is 6.42 Å². The molecule has 7 nitrogen and oxygen atoms in total. The second-order valence-electron chi connectivity index (χ2n) is 3.80. The molecule has 0 aromatic rings. The Morgan fingerprint density at radius 2 is 1.94 bits per heavy atom. The van der Waals surface area contributed by atoms with E-state index in [0.717, 1.165) is 0 Å². The highest BCUT2D eigenvalue weighted by Crippen LogP contribution is 2.19. The van der Waals surface area contributed by atoms with Crippen LogP contribution in [-0.2, 0) is 9.53 Å². The second kappa shape index (κ2) is 6.53. The van der Waals surface area contributed by atoms with Crippen LogP contribution >= 0.6 is 12.6 Å². The normalized spacial score (nSPS) is 37.8. The van der Waals surface area contributed by atoms with E-state index >= 15 is 0 Å². The van der Waals surface area contributed by atoms with E-state index in [2.05, 4.69) is 17.9 Å². The summed E-state index contributed by atoms with van der Waals surface area (Å²) in [7, 11) is 0. The Labute approximate surface area is 104 Å². The molecular formula is C9H17NO6S. The number of rotatable bonds is 4. The first-order chi connectivity index (χ1) is 8.01. The maximum Gasteiger partial charge on any atom is 0.221 e. The third-order valence-electron chi connectivity index (χ3n) is 2.57. The number of hydrogen-bond donors (Lipinski definition) is 6. The first-order valence-corrected chi connectivity index (χ1v) is 5.85. The van der Waals surface area contributed by atoms with Crippen LogP contribution in [0, 0.1) is 0 Å². The number of nitrogens with one attached hydrogen (secondary N) is 1. The zero-order valence-electron chi connectivity index (χ0n) is 9.06. The molecule has 5 N–H and O–H groups in total. The summed E-state index contributed by atoms with van der Waals surface area (Å²) in [5.41, 5.74) is 0. The minimum atomic E-state index is -1.48. The molecule has 8 heteroatoms. The van der Waals surface area contributed by atoms with Crippen molar-refractivity contribution in [2.45, 2.75) is 37.1 Å². The number of aliphatic hydroxyl groups is 4. The van der Waals surface area contributed by atoms with Crippen LogP contribution in [-0.4, -0.2) is 69.3 Å². The summed E-state index contributed by atoms with van der Waals surface area (Å²) in [5.74, 6) is -0.0886. The van der Waals surface area contributed by atoms with Gasteiger partial charge >= 0.3 is 0 Å². The van der Waals surface area contributed by atoms with Crippen molar-refractivity contribution in [2.75, 3.05) is 12.4 Å². The Hall–Kier alpha value is -0.380. The van der Waals surface area contributed by atoms with Crippen LogP contribution in [0.2, 0.25) is 0 Å². The molecule has 1 amide bonds. The summed E-state index contributed by atoms with van der Waals surface area (Å²) in [4.78, 5) is 11.3. The van der Waals surface area contributed by atoms with Crippen molar-refractivity contribution in [1.82, 2.24) is 5.32 Å². The fraction of sp³-hybridized carbons (Fsp3) is 0.889. The van der Waals surface area contributed by atoms with Gasteiger partial charge in [-0.15, -0.1) is 0 Å². The van der Waals surface area contributed by atoms with Gasteiger partial charge in [0.2, 0.25) is 5.91 Å². The summed E-state index contributed by atoms with van der Waals surface area (Å²) in [5, 5.41) is 40.0. The molecule has 0 aliphatic carbocycles. The van der Waals surface area contributed by atoms with Gasteiger partial charge in [-0.2, -0.15) is 12.6 Å². The lowest BCUT2D eigenvalue weighted by Gasteiger charge is -2.40. The van der Waals surface area contributed by atoms with Crippen molar-refractivity contribution >= 4 is 18.5 Å². The Bertz CT molecular complexity index is 266. The van der Waals surface area contributed by atoms with Gasteiger partial charge in [0.05, 0.1) is 6.61 Å². The van der Waals surface area contributed by atoms with Crippen molar-refractivity contribution < 1.29 is 30.0 Å². The van der Waals surface area contributed by atoms with Gasteiger partial charge in [0.25, 0.3) is 0 Å². The summed E-state index contributed by atoms with van der Waals surface area (Å²) in [6.07, 6.45) is -5.20.